The highest BCUT2D eigenvalue weighted by Crippen LogP contribution is 2.31. The molecule has 0 spiro atoms. The summed E-state index contributed by atoms with van der Waals surface area (Å²) < 4.78 is 10.6. The van der Waals surface area contributed by atoms with Crippen molar-refractivity contribution in [1.29, 1.82) is 0 Å². The van der Waals surface area contributed by atoms with Gasteiger partial charge in [-0.1, -0.05) is 12.2 Å². The summed E-state index contributed by atoms with van der Waals surface area (Å²) >= 11 is 0. The van der Waals surface area contributed by atoms with E-state index in [2.05, 4.69) is 4.90 Å². The van der Waals surface area contributed by atoms with Crippen molar-refractivity contribution in [3.8, 4) is 0 Å². The Labute approximate surface area is 129 Å². The van der Waals surface area contributed by atoms with Crippen LogP contribution in [0.25, 0.3) is 0 Å². The molecule has 0 amide bonds. The first-order valence-electron chi connectivity index (χ1n) is 7.31. The fourth-order valence-corrected chi connectivity index (χ4v) is 2.74. The van der Waals surface area contributed by atoms with Gasteiger partial charge in [-0.3, -0.25) is 4.90 Å². The number of carbonyl (C=O) groups is 2. The predicted octanol–water partition coefficient (Wildman–Crippen LogP) is 1.49. The summed E-state index contributed by atoms with van der Waals surface area (Å²) in [4.78, 5) is 25.4. The van der Waals surface area contributed by atoms with Gasteiger partial charge in [-0.15, -0.1) is 0 Å². The maximum Gasteiger partial charge on any atom is 0.334 e. The Bertz CT molecular complexity index is 535. The summed E-state index contributed by atoms with van der Waals surface area (Å²) in [6, 6.07) is -0.0282. The lowest BCUT2D eigenvalue weighted by Gasteiger charge is -2.24. The summed E-state index contributed by atoms with van der Waals surface area (Å²) in [6.07, 6.45) is 5.89. The summed E-state index contributed by atoms with van der Waals surface area (Å²) in [5, 5.41) is 8.53. The van der Waals surface area contributed by atoms with Crippen LogP contribution in [0.2, 0.25) is 0 Å². The van der Waals surface area contributed by atoms with Gasteiger partial charge < -0.3 is 14.6 Å². The number of hydrogen-bond acceptors (Lipinski definition) is 6. The van der Waals surface area contributed by atoms with Crippen molar-refractivity contribution in [2.24, 2.45) is 0 Å². The maximum absolute atomic E-state index is 11.9. The summed E-state index contributed by atoms with van der Waals surface area (Å²) in [6.45, 7) is 5.28. The van der Waals surface area contributed by atoms with Crippen LogP contribution in [0.15, 0.2) is 35.6 Å². The van der Waals surface area contributed by atoms with Crippen molar-refractivity contribution in [1.82, 2.24) is 4.90 Å². The molecule has 6 heteroatoms. The number of carbonyl (C=O) groups excluding carboxylic acids is 2. The molecule has 0 saturated carbocycles. The van der Waals surface area contributed by atoms with E-state index < -0.39 is 5.97 Å². The molecule has 2 aliphatic heterocycles. The third kappa shape index (κ3) is 3.57. The Morgan fingerprint density at radius 3 is 2.95 bits per heavy atom. The van der Waals surface area contributed by atoms with Crippen molar-refractivity contribution < 1.29 is 24.2 Å². The Hall–Kier alpha value is -2.08. The van der Waals surface area contributed by atoms with Crippen LogP contribution in [0.4, 0.5) is 0 Å². The molecule has 1 fully saturated rings. The number of esters is 2. The molecule has 2 aliphatic rings. The molecule has 2 heterocycles. The average molecular weight is 307 g/mol. The number of allylic oxidation sites excluding steroid dienone is 1. The topological polar surface area (TPSA) is 76.1 Å². The lowest BCUT2D eigenvalue weighted by Crippen LogP contribution is -2.36. The van der Waals surface area contributed by atoms with Crippen LogP contribution in [0.1, 0.15) is 20.3 Å². The molecule has 0 aliphatic carbocycles. The molecular formula is C16H21NO5. The fourth-order valence-electron chi connectivity index (χ4n) is 2.74. The van der Waals surface area contributed by atoms with E-state index in [1.807, 2.05) is 6.08 Å². The van der Waals surface area contributed by atoms with Crippen molar-refractivity contribution in [2.45, 2.75) is 32.4 Å². The van der Waals surface area contributed by atoms with Crippen LogP contribution in [-0.2, 0) is 19.1 Å². The second kappa shape index (κ2) is 7.26. The van der Waals surface area contributed by atoms with Gasteiger partial charge in [-0.05, 0) is 25.8 Å². The number of aliphatic hydroxyl groups is 1. The molecule has 1 N–H and O–H groups in total. The molecule has 1 saturated heterocycles. The molecule has 22 heavy (non-hydrogen) atoms. The molecule has 2 atom stereocenters. The first-order chi connectivity index (χ1) is 10.6. The quantitative estimate of drug-likeness (QED) is 0.359. The van der Waals surface area contributed by atoms with E-state index in [0.717, 1.165) is 31.2 Å². The summed E-state index contributed by atoms with van der Waals surface area (Å²) in [5.74, 6) is -0.904. The minimum Gasteiger partial charge on any atom is -0.515 e. The molecular weight excluding hydrogens is 286 g/mol. The van der Waals surface area contributed by atoms with Gasteiger partial charge in [-0.2, -0.15) is 0 Å². The van der Waals surface area contributed by atoms with Crippen LogP contribution in [0, 0.1) is 0 Å². The third-order valence-electron chi connectivity index (χ3n) is 4.02. The van der Waals surface area contributed by atoms with Gasteiger partial charge in [0.25, 0.3) is 0 Å². The van der Waals surface area contributed by atoms with Gasteiger partial charge in [-0.25, -0.2) is 9.59 Å². The highest BCUT2D eigenvalue weighted by atomic mass is 16.5. The van der Waals surface area contributed by atoms with E-state index >= 15 is 0 Å². The van der Waals surface area contributed by atoms with Crippen LogP contribution >= 0.6 is 0 Å². The van der Waals surface area contributed by atoms with Crippen LogP contribution in [0.3, 0.4) is 0 Å². The Balaban J connectivity index is 1.97. The molecule has 120 valence electrons. The molecule has 0 aromatic carbocycles. The number of rotatable bonds is 5. The SMILES string of the molecule is CC=C(C)C(=O)OC1CCN2CC=C(COC(=O)C=CO)C12. The number of hydrogen-bond donors (Lipinski definition) is 1. The van der Waals surface area contributed by atoms with Crippen molar-refractivity contribution in [2.75, 3.05) is 19.7 Å². The van der Waals surface area contributed by atoms with Gasteiger partial charge in [0, 0.05) is 18.7 Å². The molecule has 2 rings (SSSR count). The fraction of sp³-hybridized carbons (Fsp3) is 0.500. The van der Waals surface area contributed by atoms with Gasteiger partial charge in [0.2, 0.25) is 0 Å². The van der Waals surface area contributed by atoms with Gasteiger partial charge >= 0.3 is 11.9 Å². The first-order valence-corrected chi connectivity index (χ1v) is 7.31. The molecule has 6 nitrogen and oxygen atoms in total. The first kappa shape index (κ1) is 16.3. The Morgan fingerprint density at radius 1 is 1.50 bits per heavy atom. The second-order valence-electron chi connectivity index (χ2n) is 5.35. The van der Waals surface area contributed by atoms with Crippen molar-refractivity contribution >= 4 is 11.9 Å². The van der Waals surface area contributed by atoms with Crippen molar-refractivity contribution in [3.05, 3.63) is 35.6 Å². The van der Waals surface area contributed by atoms with E-state index in [4.69, 9.17) is 14.6 Å². The smallest absolute Gasteiger partial charge is 0.334 e. The molecule has 0 aromatic heterocycles. The number of aliphatic hydroxyl groups excluding tert-OH is 1. The van der Waals surface area contributed by atoms with E-state index in [1.54, 1.807) is 19.9 Å². The van der Waals surface area contributed by atoms with Crippen LogP contribution < -0.4 is 0 Å². The lowest BCUT2D eigenvalue weighted by atomic mass is 10.0. The monoisotopic (exact) mass is 307 g/mol. The molecule has 2 unspecified atom stereocenters. The van der Waals surface area contributed by atoms with Gasteiger partial charge in [0.15, 0.2) is 0 Å². The average Bonchev–Trinajstić information content (AvgIpc) is 3.08. The zero-order valence-electron chi connectivity index (χ0n) is 12.8. The van der Waals surface area contributed by atoms with Gasteiger partial charge in [0.05, 0.1) is 18.4 Å². The standard InChI is InChI=1S/C16H21NO5/c1-3-11(2)16(20)22-13-5-8-17-7-4-12(15(13)17)10-21-14(19)6-9-18/h3-4,6,9,13,15,18H,5,7-8,10H2,1-2H3. The zero-order valence-corrected chi connectivity index (χ0v) is 12.8. The number of fused-ring (bicyclic) bond motifs is 1. The minimum absolute atomic E-state index is 0.0282. The Morgan fingerprint density at radius 2 is 2.27 bits per heavy atom. The van der Waals surface area contributed by atoms with Crippen LogP contribution in [0.5, 0.6) is 0 Å². The van der Waals surface area contributed by atoms with E-state index in [-0.39, 0.29) is 24.7 Å². The van der Waals surface area contributed by atoms with Crippen LogP contribution in [-0.4, -0.2) is 53.8 Å². The number of nitrogens with zero attached hydrogens (tertiary/aromatic N) is 1. The maximum atomic E-state index is 11.9. The van der Waals surface area contributed by atoms with E-state index in [9.17, 15) is 9.59 Å². The summed E-state index contributed by atoms with van der Waals surface area (Å²) in [5.41, 5.74) is 1.52. The van der Waals surface area contributed by atoms with Gasteiger partial charge in [0.1, 0.15) is 12.7 Å². The highest BCUT2D eigenvalue weighted by Gasteiger charge is 2.41. The predicted molar refractivity (Wildman–Crippen MR) is 80.1 cm³/mol. The normalized spacial score (nSPS) is 25.2. The minimum atomic E-state index is -0.599. The molecule has 0 aromatic rings. The highest BCUT2D eigenvalue weighted by molar-refractivity contribution is 5.87. The third-order valence-corrected chi connectivity index (χ3v) is 4.02. The van der Waals surface area contributed by atoms with E-state index in [1.165, 1.54) is 0 Å². The molecule has 0 bridgehead atoms. The Kier molecular flexibility index (Phi) is 5.38. The number of ether oxygens (including phenoxy) is 2. The van der Waals surface area contributed by atoms with Crippen molar-refractivity contribution in [3.63, 3.8) is 0 Å². The van der Waals surface area contributed by atoms with E-state index in [0.29, 0.717) is 11.8 Å². The molecule has 0 radical (unpaired) electrons. The second-order valence-corrected chi connectivity index (χ2v) is 5.35. The summed E-state index contributed by atoms with van der Waals surface area (Å²) in [7, 11) is 0. The largest absolute Gasteiger partial charge is 0.515 e. The lowest BCUT2D eigenvalue weighted by molar-refractivity contribution is -0.145. The zero-order chi connectivity index (χ0) is 16.1.